The number of methoxy groups -OCH3 is 1. The smallest absolute Gasteiger partial charge is 0.390 e. The molecule has 0 aliphatic carbocycles. The molecule has 0 fully saturated rings. The van der Waals surface area contributed by atoms with Gasteiger partial charge in [-0.1, -0.05) is 0 Å². The number of hydrogen-bond donors (Lipinski definition) is 2. The maximum Gasteiger partial charge on any atom is 0.390 e. The maximum absolute atomic E-state index is 12.0. The number of hydrogen-bond acceptors (Lipinski definition) is 3. The summed E-state index contributed by atoms with van der Waals surface area (Å²) in [5.41, 5.74) is 0.885. The van der Waals surface area contributed by atoms with Crippen molar-refractivity contribution in [2.45, 2.75) is 19.1 Å². The van der Waals surface area contributed by atoms with Crippen LogP contribution in [0.4, 0.5) is 13.2 Å². The van der Waals surface area contributed by atoms with Crippen molar-refractivity contribution in [1.82, 2.24) is 15.6 Å². The van der Waals surface area contributed by atoms with Crippen LogP contribution in [0.15, 0.2) is 23.3 Å². The molecule has 0 saturated heterocycles. The summed E-state index contributed by atoms with van der Waals surface area (Å²) in [7, 11) is 3.01. The maximum atomic E-state index is 12.0. The lowest BCUT2D eigenvalue weighted by atomic mass is 10.2. The SMILES string of the molecule is CN=C(NCCC(F)(F)F)NCc1ccnc(OC)c1. The van der Waals surface area contributed by atoms with Gasteiger partial charge in [0.1, 0.15) is 0 Å². The van der Waals surface area contributed by atoms with Crippen LogP contribution >= 0.6 is 0 Å². The molecule has 0 aliphatic rings. The quantitative estimate of drug-likeness (QED) is 0.640. The second kappa shape index (κ2) is 7.56. The summed E-state index contributed by atoms with van der Waals surface area (Å²) in [4.78, 5) is 7.81. The molecule has 8 heteroatoms. The third kappa shape index (κ3) is 6.26. The average Bonchev–Trinajstić information content (AvgIpc) is 2.41. The second-order valence-electron chi connectivity index (χ2n) is 3.92. The predicted octanol–water partition coefficient (Wildman–Crippen LogP) is 1.71. The first kappa shape index (κ1) is 16.1. The Kier molecular flexibility index (Phi) is 6.08. The first-order chi connectivity index (χ1) is 9.44. The molecule has 0 atom stereocenters. The standard InChI is InChI=1S/C12H17F3N4O/c1-16-11(18-6-4-12(13,14)15)19-8-9-3-5-17-10(7-9)20-2/h3,5,7H,4,6,8H2,1-2H3,(H2,16,18,19). The number of guanidine groups is 1. The molecule has 2 N–H and O–H groups in total. The summed E-state index contributed by atoms with van der Waals surface area (Å²) in [6.07, 6.45) is -3.49. The van der Waals surface area contributed by atoms with Crippen molar-refractivity contribution in [2.75, 3.05) is 20.7 Å². The number of halogens is 3. The van der Waals surface area contributed by atoms with Crippen LogP contribution in [0.5, 0.6) is 5.88 Å². The number of aromatic nitrogens is 1. The van der Waals surface area contributed by atoms with Crippen molar-refractivity contribution in [2.24, 2.45) is 4.99 Å². The van der Waals surface area contributed by atoms with Gasteiger partial charge in [0.05, 0.1) is 13.5 Å². The topological polar surface area (TPSA) is 58.5 Å². The van der Waals surface area contributed by atoms with Gasteiger partial charge in [0.15, 0.2) is 5.96 Å². The molecule has 1 rings (SSSR count). The predicted molar refractivity (Wildman–Crippen MR) is 69.7 cm³/mol. The molecule has 0 amide bonds. The Hall–Kier alpha value is -1.99. The van der Waals surface area contributed by atoms with Crippen LogP contribution in [-0.4, -0.2) is 37.8 Å². The minimum absolute atomic E-state index is 0.219. The van der Waals surface area contributed by atoms with E-state index in [9.17, 15) is 13.2 Å². The van der Waals surface area contributed by atoms with E-state index in [0.29, 0.717) is 18.4 Å². The Bertz CT molecular complexity index is 449. The van der Waals surface area contributed by atoms with Crippen LogP contribution in [0, 0.1) is 0 Å². The van der Waals surface area contributed by atoms with E-state index in [-0.39, 0.29) is 6.54 Å². The highest BCUT2D eigenvalue weighted by Gasteiger charge is 2.26. The van der Waals surface area contributed by atoms with Crippen LogP contribution in [0.1, 0.15) is 12.0 Å². The number of alkyl halides is 3. The van der Waals surface area contributed by atoms with Crippen LogP contribution in [0.2, 0.25) is 0 Å². The van der Waals surface area contributed by atoms with Gasteiger partial charge in [-0.15, -0.1) is 0 Å². The first-order valence-corrected chi connectivity index (χ1v) is 5.95. The molecule has 1 aromatic heterocycles. The van der Waals surface area contributed by atoms with Crippen LogP contribution in [0.3, 0.4) is 0 Å². The van der Waals surface area contributed by atoms with Crippen molar-refractivity contribution >= 4 is 5.96 Å². The molecule has 1 heterocycles. The zero-order valence-electron chi connectivity index (χ0n) is 11.3. The molecule has 0 radical (unpaired) electrons. The molecular formula is C12H17F3N4O. The minimum Gasteiger partial charge on any atom is -0.481 e. The van der Waals surface area contributed by atoms with Gasteiger partial charge in [0.2, 0.25) is 5.88 Å². The molecule has 20 heavy (non-hydrogen) atoms. The van der Waals surface area contributed by atoms with Gasteiger partial charge < -0.3 is 15.4 Å². The Morgan fingerprint density at radius 2 is 2.15 bits per heavy atom. The number of pyridine rings is 1. The summed E-state index contributed by atoms with van der Waals surface area (Å²) < 4.78 is 41.0. The summed E-state index contributed by atoms with van der Waals surface area (Å²) in [5.74, 6) is 0.786. The van der Waals surface area contributed by atoms with E-state index in [2.05, 4.69) is 20.6 Å². The third-order valence-electron chi connectivity index (χ3n) is 2.39. The van der Waals surface area contributed by atoms with Gasteiger partial charge in [0, 0.05) is 32.4 Å². The van der Waals surface area contributed by atoms with Gasteiger partial charge in [-0.05, 0) is 11.6 Å². The average molecular weight is 290 g/mol. The number of nitrogens with one attached hydrogen (secondary N) is 2. The molecule has 0 saturated carbocycles. The lowest BCUT2D eigenvalue weighted by molar-refractivity contribution is -0.132. The van der Waals surface area contributed by atoms with Gasteiger partial charge in [-0.3, -0.25) is 4.99 Å². The van der Waals surface area contributed by atoms with E-state index in [1.165, 1.54) is 14.2 Å². The summed E-state index contributed by atoms with van der Waals surface area (Å²) in [6.45, 7) is 0.188. The lowest BCUT2D eigenvalue weighted by Crippen LogP contribution is -2.38. The highest BCUT2D eigenvalue weighted by Crippen LogP contribution is 2.18. The van der Waals surface area contributed by atoms with E-state index >= 15 is 0 Å². The summed E-state index contributed by atoms with van der Waals surface area (Å²) in [6, 6.07) is 3.51. The molecule has 0 bridgehead atoms. The van der Waals surface area contributed by atoms with Crippen LogP contribution in [0.25, 0.3) is 0 Å². The van der Waals surface area contributed by atoms with Gasteiger partial charge in [-0.2, -0.15) is 13.2 Å². The fourth-order valence-electron chi connectivity index (χ4n) is 1.40. The molecule has 112 valence electrons. The van der Waals surface area contributed by atoms with Crippen molar-refractivity contribution in [1.29, 1.82) is 0 Å². The van der Waals surface area contributed by atoms with Gasteiger partial charge >= 0.3 is 6.18 Å². The van der Waals surface area contributed by atoms with E-state index in [1.807, 2.05) is 0 Å². The number of ether oxygens (including phenoxy) is 1. The Morgan fingerprint density at radius 3 is 2.75 bits per heavy atom. The Balaban J connectivity index is 2.41. The molecule has 0 aromatic carbocycles. The molecule has 0 spiro atoms. The molecule has 5 nitrogen and oxygen atoms in total. The largest absolute Gasteiger partial charge is 0.481 e. The zero-order valence-corrected chi connectivity index (χ0v) is 11.3. The normalized spacial score (nSPS) is 12.2. The first-order valence-electron chi connectivity index (χ1n) is 5.95. The lowest BCUT2D eigenvalue weighted by Gasteiger charge is -2.13. The van der Waals surface area contributed by atoms with Gasteiger partial charge in [0.25, 0.3) is 0 Å². The molecular weight excluding hydrogens is 273 g/mol. The van der Waals surface area contributed by atoms with E-state index in [4.69, 9.17) is 4.74 Å². The Morgan fingerprint density at radius 1 is 1.40 bits per heavy atom. The molecule has 0 unspecified atom stereocenters. The number of rotatable bonds is 5. The van der Waals surface area contributed by atoms with E-state index in [0.717, 1.165) is 5.56 Å². The third-order valence-corrected chi connectivity index (χ3v) is 2.39. The van der Waals surface area contributed by atoms with Gasteiger partial charge in [-0.25, -0.2) is 4.98 Å². The monoisotopic (exact) mass is 290 g/mol. The molecule has 0 aliphatic heterocycles. The van der Waals surface area contributed by atoms with Crippen molar-refractivity contribution in [3.05, 3.63) is 23.9 Å². The summed E-state index contributed by atoms with van der Waals surface area (Å²) in [5, 5.41) is 5.51. The Labute approximate surface area is 115 Å². The summed E-state index contributed by atoms with van der Waals surface area (Å²) >= 11 is 0. The van der Waals surface area contributed by atoms with Crippen LogP contribution < -0.4 is 15.4 Å². The van der Waals surface area contributed by atoms with E-state index < -0.39 is 12.6 Å². The van der Waals surface area contributed by atoms with E-state index in [1.54, 1.807) is 18.3 Å². The molecule has 1 aromatic rings. The zero-order chi connectivity index (χ0) is 15.0. The highest BCUT2D eigenvalue weighted by molar-refractivity contribution is 5.79. The van der Waals surface area contributed by atoms with Crippen molar-refractivity contribution in [3.63, 3.8) is 0 Å². The fraction of sp³-hybridized carbons (Fsp3) is 0.500. The fourth-order valence-corrected chi connectivity index (χ4v) is 1.40. The minimum atomic E-state index is -4.18. The number of nitrogens with zero attached hydrogens (tertiary/aromatic N) is 2. The van der Waals surface area contributed by atoms with Crippen molar-refractivity contribution in [3.8, 4) is 5.88 Å². The van der Waals surface area contributed by atoms with Crippen molar-refractivity contribution < 1.29 is 17.9 Å². The number of aliphatic imine (C=N–C) groups is 1. The van der Waals surface area contributed by atoms with Crippen LogP contribution in [-0.2, 0) is 6.54 Å². The second-order valence-corrected chi connectivity index (χ2v) is 3.92. The highest BCUT2D eigenvalue weighted by atomic mass is 19.4.